The van der Waals surface area contributed by atoms with E-state index in [1.165, 1.54) is 11.3 Å². The fraction of sp³-hybridized carbons (Fsp3) is 0.227. The molecular formula is C22H21N3O3S. The normalized spacial score (nSPS) is 14.6. The van der Waals surface area contributed by atoms with Crippen molar-refractivity contribution in [3.63, 3.8) is 0 Å². The van der Waals surface area contributed by atoms with E-state index in [0.29, 0.717) is 29.2 Å². The molecule has 1 aliphatic rings. The van der Waals surface area contributed by atoms with E-state index in [2.05, 4.69) is 0 Å². The van der Waals surface area contributed by atoms with E-state index in [1.54, 1.807) is 5.48 Å². The average Bonchev–Trinajstić information content (AvgIpc) is 3.25. The van der Waals surface area contributed by atoms with Gasteiger partial charge < -0.3 is 4.90 Å². The first-order valence-electron chi connectivity index (χ1n) is 9.52. The fourth-order valence-electron chi connectivity index (χ4n) is 3.60. The highest BCUT2D eigenvalue weighted by atomic mass is 32.1. The molecular weight excluding hydrogens is 386 g/mol. The van der Waals surface area contributed by atoms with E-state index in [0.717, 1.165) is 23.4 Å². The molecule has 0 bridgehead atoms. The molecule has 3 aromatic rings. The summed E-state index contributed by atoms with van der Waals surface area (Å²) in [5.41, 5.74) is 3.85. The molecule has 2 heterocycles. The van der Waals surface area contributed by atoms with Crippen LogP contribution in [-0.4, -0.2) is 40.0 Å². The van der Waals surface area contributed by atoms with Crippen LogP contribution in [0.5, 0.6) is 0 Å². The number of hydrogen-bond donors (Lipinski definition) is 2. The van der Waals surface area contributed by atoms with Crippen molar-refractivity contribution in [3.8, 4) is 11.3 Å². The minimum Gasteiger partial charge on any atom is -0.339 e. The van der Waals surface area contributed by atoms with Crippen LogP contribution >= 0.6 is 11.3 Å². The Kier molecular flexibility index (Phi) is 5.69. The standard InChI is InChI=1S/C22H21N3O3S/c26-20(24-28)19-18(15-7-3-1-4-8-15)23-21(29-19)16-11-13-25(14-12-16)22(27)17-9-5-2-6-10-17/h1-10,16,28H,11-14H2,(H,24,26). The Balaban J connectivity index is 1.52. The molecule has 2 amide bonds. The van der Waals surface area contributed by atoms with Gasteiger partial charge in [-0.2, -0.15) is 0 Å². The van der Waals surface area contributed by atoms with Crippen LogP contribution in [-0.2, 0) is 0 Å². The smallest absolute Gasteiger partial charge is 0.287 e. The number of carbonyl (C=O) groups excluding carboxylic acids is 2. The van der Waals surface area contributed by atoms with E-state index in [-0.39, 0.29) is 11.8 Å². The van der Waals surface area contributed by atoms with Crippen LogP contribution in [0.1, 0.15) is 43.8 Å². The molecule has 0 unspecified atom stereocenters. The molecule has 0 aliphatic carbocycles. The monoisotopic (exact) mass is 407 g/mol. The summed E-state index contributed by atoms with van der Waals surface area (Å²) in [6.45, 7) is 1.31. The number of thiazole rings is 1. The molecule has 1 saturated heterocycles. The molecule has 0 spiro atoms. The van der Waals surface area contributed by atoms with Crippen LogP contribution in [0.4, 0.5) is 0 Å². The first kappa shape index (κ1) is 19.3. The SMILES string of the molecule is O=C(NO)c1sc(C2CCN(C(=O)c3ccccc3)CC2)nc1-c1ccccc1. The van der Waals surface area contributed by atoms with Crippen molar-refractivity contribution in [2.75, 3.05) is 13.1 Å². The Morgan fingerprint density at radius 3 is 2.24 bits per heavy atom. The molecule has 4 rings (SSSR count). The molecule has 2 aromatic carbocycles. The molecule has 0 saturated carbocycles. The first-order chi connectivity index (χ1) is 14.2. The highest BCUT2D eigenvalue weighted by molar-refractivity contribution is 7.14. The number of hydroxylamine groups is 1. The average molecular weight is 407 g/mol. The lowest BCUT2D eigenvalue weighted by Crippen LogP contribution is -2.37. The van der Waals surface area contributed by atoms with E-state index in [9.17, 15) is 9.59 Å². The Morgan fingerprint density at radius 2 is 1.62 bits per heavy atom. The zero-order valence-electron chi connectivity index (χ0n) is 15.7. The minimum atomic E-state index is -0.552. The molecule has 1 aromatic heterocycles. The Bertz CT molecular complexity index is 997. The molecule has 29 heavy (non-hydrogen) atoms. The van der Waals surface area contributed by atoms with E-state index in [1.807, 2.05) is 65.6 Å². The van der Waals surface area contributed by atoms with Gasteiger partial charge >= 0.3 is 0 Å². The van der Waals surface area contributed by atoms with Crippen molar-refractivity contribution in [2.24, 2.45) is 0 Å². The molecule has 0 atom stereocenters. The summed E-state index contributed by atoms with van der Waals surface area (Å²) < 4.78 is 0. The van der Waals surface area contributed by atoms with Crippen molar-refractivity contribution in [1.29, 1.82) is 0 Å². The van der Waals surface area contributed by atoms with Gasteiger partial charge in [0, 0.05) is 30.1 Å². The van der Waals surface area contributed by atoms with Crippen molar-refractivity contribution < 1.29 is 14.8 Å². The Morgan fingerprint density at radius 1 is 1.00 bits per heavy atom. The van der Waals surface area contributed by atoms with Crippen LogP contribution < -0.4 is 5.48 Å². The van der Waals surface area contributed by atoms with Gasteiger partial charge in [0.15, 0.2) is 0 Å². The molecule has 7 heteroatoms. The number of benzene rings is 2. The van der Waals surface area contributed by atoms with Gasteiger partial charge in [-0.3, -0.25) is 14.8 Å². The van der Waals surface area contributed by atoms with Crippen molar-refractivity contribution >= 4 is 23.2 Å². The predicted octanol–water partition coefficient (Wildman–Crippen LogP) is 3.95. The van der Waals surface area contributed by atoms with Gasteiger partial charge in [0.2, 0.25) is 0 Å². The fourth-order valence-corrected chi connectivity index (χ4v) is 4.75. The quantitative estimate of drug-likeness (QED) is 0.507. The summed E-state index contributed by atoms with van der Waals surface area (Å²) in [5.74, 6) is -0.319. The lowest BCUT2D eigenvalue weighted by Gasteiger charge is -2.31. The summed E-state index contributed by atoms with van der Waals surface area (Å²) in [6, 6.07) is 18.8. The second kappa shape index (κ2) is 8.55. The van der Waals surface area contributed by atoms with Gasteiger partial charge in [-0.1, -0.05) is 48.5 Å². The van der Waals surface area contributed by atoms with Crippen molar-refractivity contribution in [2.45, 2.75) is 18.8 Å². The third kappa shape index (κ3) is 4.06. The van der Waals surface area contributed by atoms with E-state index in [4.69, 9.17) is 10.2 Å². The molecule has 2 N–H and O–H groups in total. The van der Waals surface area contributed by atoms with Crippen LogP contribution in [0, 0.1) is 0 Å². The number of hydrogen-bond acceptors (Lipinski definition) is 5. The Labute approximate surface area is 172 Å². The van der Waals surface area contributed by atoms with Gasteiger partial charge in [-0.25, -0.2) is 10.5 Å². The number of nitrogens with zero attached hydrogens (tertiary/aromatic N) is 2. The number of piperidine rings is 1. The lowest BCUT2D eigenvalue weighted by molar-refractivity contribution is 0.0706. The molecule has 6 nitrogen and oxygen atoms in total. The summed E-state index contributed by atoms with van der Waals surface area (Å²) in [4.78, 5) is 31.8. The van der Waals surface area contributed by atoms with Crippen LogP contribution in [0.2, 0.25) is 0 Å². The van der Waals surface area contributed by atoms with Gasteiger partial charge in [0.05, 0.1) is 10.7 Å². The lowest BCUT2D eigenvalue weighted by atomic mass is 9.97. The molecule has 0 radical (unpaired) electrons. The Hall–Kier alpha value is -3.03. The van der Waals surface area contributed by atoms with Gasteiger partial charge in [0.1, 0.15) is 4.88 Å². The minimum absolute atomic E-state index is 0.0495. The number of aromatic nitrogens is 1. The molecule has 1 aliphatic heterocycles. The number of rotatable bonds is 4. The number of nitrogens with one attached hydrogen (secondary N) is 1. The summed E-state index contributed by atoms with van der Waals surface area (Å²) in [6.07, 6.45) is 1.58. The predicted molar refractivity (Wildman–Crippen MR) is 111 cm³/mol. The third-order valence-electron chi connectivity index (χ3n) is 5.15. The van der Waals surface area contributed by atoms with Crippen molar-refractivity contribution in [1.82, 2.24) is 15.4 Å². The van der Waals surface area contributed by atoms with E-state index < -0.39 is 5.91 Å². The largest absolute Gasteiger partial charge is 0.339 e. The highest BCUT2D eigenvalue weighted by Crippen LogP contribution is 2.36. The zero-order valence-corrected chi connectivity index (χ0v) is 16.6. The maximum absolute atomic E-state index is 12.6. The maximum atomic E-state index is 12.6. The van der Waals surface area contributed by atoms with Crippen LogP contribution in [0.25, 0.3) is 11.3 Å². The van der Waals surface area contributed by atoms with Gasteiger partial charge in [0.25, 0.3) is 11.8 Å². The first-order valence-corrected chi connectivity index (χ1v) is 10.3. The van der Waals surface area contributed by atoms with Gasteiger partial charge in [-0.15, -0.1) is 11.3 Å². The van der Waals surface area contributed by atoms with Crippen LogP contribution in [0.15, 0.2) is 60.7 Å². The van der Waals surface area contributed by atoms with Gasteiger partial charge in [-0.05, 0) is 25.0 Å². The zero-order chi connectivity index (χ0) is 20.2. The summed E-state index contributed by atoms with van der Waals surface area (Å²) >= 11 is 1.31. The molecule has 1 fully saturated rings. The number of carbonyl (C=O) groups is 2. The third-order valence-corrected chi connectivity index (χ3v) is 6.37. The second-order valence-corrected chi connectivity index (χ2v) is 8.00. The second-order valence-electron chi connectivity index (χ2n) is 6.97. The highest BCUT2D eigenvalue weighted by Gasteiger charge is 2.28. The number of amides is 2. The topological polar surface area (TPSA) is 82.5 Å². The van der Waals surface area contributed by atoms with Crippen LogP contribution in [0.3, 0.4) is 0 Å². The summed E-state index contributed by atoms with van der Waals surface area (Å²) in [5, 5.41) is 9.99. The van der Waals surface area contributed by atoms with E-state index >= 15 is 0 Å². The maximum Gasteiger partial charge on any atom is 0.287 e. The van der Waals surface area contributed by atoms with Crippen molar-refractivity contribution in [3.05, 3.63) is 76.1 Å². The number of likely N-dealkylation sites (tertiary alicyclic amines) is 1. The molecule has 148 valence electrons. The summed E-state index contributed by atoms with van der Waals surface area (Å²) in [7, 11) is 0.